The van der Waals surface area contributed by atoms with E-state index in [1.165, 1.54) is 11.1 Å². The molecule has 1 aliphatic rings. The molecule has 0 aromatic heterocycles. The van der Waals surface area contributed by atoms with Gasteiger partial charge >= 0.3 is 0 Å². The molecule has 0 bridgehead atoms. The van der Waals surface area contributed by atoms with Crippen molar-refractivity contribution in [2.75, 3.05) is 6.54 Å². The van der Waals surface area contributed by atoms with Crippen LogP contribution in [0.15, 0.2) is 18.2 Å². The Morgan fingerprint density at radius 2 is 2.14 bits per heavy atom. The number of benzene rings is 1. The Morgan fingerprint density at radius 3 is 2.86 bits per heavy atom. The Kier molecular flexibility index (Phi) is 2.82. The molecular formula is C11H16N2O. The minimum absolute atomic E-state index is 0.527. The highest BCUT2D eigenvalue weighted by Gasteiger charge is 2.16. The van der Waals surface area contributed by atoms with Crippen LogP contribution in [0, 0.1) is 0 Å². The molecule has 2 N–H and O–H groups in total. The van der Waals surface area contributed by atoms with E-state index in [0.29, 0.717) is 6.54 Å². The average molecular weight is 192 g/mol. The molecule has 1 aromatic carbocycles. The first-order valence-corrected chi connectivity index (χ1v) is 5.03. The maximum Gasteiger partial charge on any atom is 0.0458 e. The summed E-state index contributed by atoms with van der Waals surface area (Å²) in [5.74, 6) is 0. The lowest BCUT2D eigenvalue weighted by Crippen LogP contribution is -2.14. The van der Waals surface area contributed by atoms with Crippen molar-refractivity contribution in [1.29, 1.82) is 0 Å². The van der Waals surface area contributed by atoms with E-state index in [2.05, 4.69) is 35.5 Å². The number of fused-ring (bicyclic) bond motifs is 1. The highest BCUT2D eigenvalue weighted by Crippen LogP contribution is 2.23. The quantitative estimate of drug-likeness (QED) is 0.712. The first-order chi connectivity index (χ1) is 6.83. The predicted molar refractivity (Wildman–Crippen MR) is 54.9 cm³/mol. The highest BCUT2D eigenvalue weighted by molar-refractivity contribution is 5.34. The molecule has 0 radical (unpaired) electrons. The molecule has 2 rings (SSSR count). The van der Waals surface area contributed by atoms with Crippen LogP contribution in [0.2, 0.25) is 0 Å². The van der Waals surface area contributed by atoms with E-state index in [0.717, 1.165) is 25.2 Å². The van der Waals surface area contributed by atoms with Gasteiger partial charge in [-0.3, -0.25) is 4.90 Å². The third-order valence-corrected chi connectivity index (χ3v) is 2.79. The van der Waals surface area contributed by atoms with Crippen LogP contribution < -0.4 is 5.48 Å². The van der Waals surface area contributed by atoms with Gasteiger partial charge in [0.05, 0.1) is 0 Å². The summed E-state index contributed by atoms with van der Waals surface area (Å²) in [6, 6.07) is 6.41. The normalized spacial score (nSPS) is 15.9. The van der Waals surface area contributed by atoms with Crippen LogP contribution in [-0.4, -0.2) is 16.7 Å². The van der Waals surface area contributed by atoms with E-state index in [9.17, 15) is 0 Å². The van der Waals surface area contributed by atoms with Crippen LogP contribution in [-0.2, 0) is 19.6 Å². The second-order valence-corrected chi connectivity index (χ2v) is 3.74. The van der Waals surface area contributed by atoms with Gasteiger partial charge in [0.1, 0.15) is 0 Å². The standard InChI is InChI=1S/C11H16N2O/c1-2-13-7-10-4-3-9(6-12-14)5-11(10)8-13/h3-5,12,14H,2,6-8H2,1H3. The largest absolute Gasteiger partial charge is 0.316 e. The van der Waals surface area contributed by atoms with Gasteiger partial charge in [-0.05, 0) is 23.2 Å². The second-order valence-electron chi connectivity index (χ2n) is 3.74. The van der Waals surface area contributed by atoms with Crippen LogP contribution in [0.25, 0.3) is 0 Å². The number of hydroxylamine groups is 1. The molecule has 14 heavy (non-hydrogen) atoms. The van der Waals surface area contributed by atoms with Crippen molar-refractivity contribution in [3.63, 3.8) is 0 Å². The fourth-order valence-electron chi connectivity index (χ4n) is 1.94. The lowest BCUT2D eigenvalue weighted by Gasteiger charge is -2.09. The third kappa shape index (κ3) is 1.80. The summed E-state index contributed by atoms with van der Waals surface area (Å²) in [5, 5.41) is 8.61. The van der Waals surface area contributed by atoms with E-state index in [-0.39, 0.29) is 0 Å². The van der Waals surface area contributed by atoms with Crippen molar-refractivity contribution in [2.24, 2.45) is 0 Å². The number of hydrogen-bond acceptors (Lipinski definition) is 3. The molecule has 0 amide bonds. The second kappa shape index (κ2) is 4.09. The Labute approximate surface area is 84.3 Å². The molecule has 3 heteroatoms. The van der Waals surface area contributed by atoms with E-state index >= 15 is 0 Å². The summed E-state index contributed by atoms with van der Waals surface area (Å²) in [5.41, 5.74) is 6.16. The first kappa shape index (κ1) is 9.65. The Balaban J connectivity index is 2.17. The molecule has 0 unspecified atom stereocenters. The highest BCUT2D eigenvalue weighted by atomic mass is 16.5. The van der Waals surface area contributed by atoms with Gasteiger partial charge in [0.25, 0.3) is 0 Å². The summed E-state index contributed by atoms with van der Waals surface area (Å²) in [6.45, 7) is 5.92. The maximum absolute atomic E-state index is 8.61. The first-order valence-electron chi connectivity index (χ1n) is 5.03. The summed E-state index contributed by atoms with van der Waals surface area (Å²) in [6.07, 6.45) is 0. The van der Waals surface area contributed by atoms with Gasteiger partial charge in [-0.1, -0.05) is 25.1 Å². The van der Waals surface area contributed by atoms with Gasteiger partial charge in [0, 0.05) is 19.6 Å². The molecule has 1 heterocycles. The number of nitrogens with one attached hydrogen (secondary N) is 1. The van der Waals surface area contributed by atoms with Gasteiger partial charge < -0.3 is 5.21 Å². The molecule has 0 saturated heterocycles. The molecule has 0 atom stereocenters. The summed E-state index contributed by atoms with van der Waals surface area (Å²) >= 11 is 0. The Bertz CT molecular complexity index is 325. The Morgan fingerprint density at radius 1 is 1.36 bits per heavy atom. The van der Waals surface area contributed by atoms with Gasteiger partial charge in [-0.25, -0.2) is 5.48 Å². The summed E-state index contributed by atoms with van der Waals surface area (Å²) < 4.78 is 0. The number of nitrogens with zero attached hydrogens (tertiary/aromatic N) is 1. The lowest BCUT2D eigenvalue weighted by atomic mass is 10.1. The zero-order chi connectivity index (χ0) is 9.97. The van der Waals surface area contributed by atoms with Crippen LogP contribution in [0.3, 0.4) is 0 Å². The van der Waals surface area contributed by atoms with Gasteiger partial charge in [0.2, 0.25) is 0 Å². The lowest BCUT2D eigenvalue weighted by molar-refractivity contribution is 0.161. The minimum atomic E-state index is 0.527. The molecule has 3 nitrogen and oxygen atoms in total. The van der Waals surface area contributed by atoms with E-state index < -0.39 is 0 Å². The third-order valence-electron chi connectivity index (χ3n) is 2.79. The maximum atomic E-state index is 8.61. The fourth-order valence-corrected chi connectivity index (χ4v) is 1.94. The van der Waals surface area contributed by atoms with E-state index in [4.69, 9.17) is 5.21 Å². The van der Waals surface area contributed by atoms with Crippen molar-refractivity contribution in [3.8, 4) is 0 Å². The molecule has 0 spiro atoms. The zero-order valence-electron chi connectivity index (χ0n) is 8.45. The van der Waals surface area contributed by atoms with Crippen LogP contribution in [0.4, 0.5) is 0 Å². The van der Waals surface area contributed by atoms with E-state index in [1.54, 1.807) is 0 Å². The van der Waals surface area contributed by atoms with Crippen molar-refractivity contribution in [1.82, 2.24) is 10.4 Å². The fraction of sp³-hybridized carbons (Fsp3) is 0.455. The number of hydrogen-bond donors (Lipinski definition) is 2. The summed E-state index contributed by atoms with van der Waals surface area (Å²) in [4.78, 5) is 2.40. The van der Waals surface area contributed by atoms with Crippen molar-refractivity contribution < 1.29 is 5.21 Å². The van der Waals surface area contributed by atoms with Gasteiger partial charge in [0.15, 0.2) is 0 Å². The molecule has 0 aliphatic carbocycles. The average Bonchev–Trinajstić information content (AvgIpc) is 2.60. The zero-order valence-corrected chi connectivity index (χ0v) is 8.45. The molecule has 0 saturated carbocycles. The molecule has 0 fully saturated rings. The van der Waals surface area contributed by atoms with Crippen molar-refractivity contribution in [2.45, 2.75) is 26.6 Å². The summed E-state index contributed by atoms with van der Waals surface area (Å²) in [7, 11) is 0. The van der Waals surface area contributed by atoms with Crippen molar-refractivity contribution >= 4 is 0 Å². The SMILES string of the molecule is CCN1Cc2ccc(CNO)cc2C1. The van der Waals surface area contributed by atoms with Crippen LogP contribution in [0.5, 0.6) is 0 Å². The van der Waals surface area contributed by atoms with Crippen molar-refractivity contribution in [3.05, 3.63) is 34.9 Å². The predicted octanol–water partition coefficient (Wildman–Crippen LogP) is 1.50. The molecule has 1 aliphatic heterocycles. The molecule has 1 aromatic rings. The minimum Gasteiger partial charge on any atom is -0.316 e. The van der Waals surface area contributed by atoms with Gasteiger partial charge in [-0.15, -0.1) is 0 Å². The van der Waals surface area contributed by atoms with E-state index in [1.807, 2.05) is 0 Å². The van der Waals surface area contributed by atoms with Gasteiger partial charge in [-0.2, -0.15) is 0 Å². The Hall–Kier alpha value is -0.900. The smallest absolute Gasteiger partial charge is 0.0458 e. The molecular weight excluding hydrogens is 176 g/mol. The van der Waals surface area contributed by atoms with Crippen LogP contribution in [0.1, 0.15) is 23.6 Å². The monoisotopic (exact) mass is 192 g/mol. The van der Waals surface area contributed by atoms with Crippen LogP contribution >= 0.6 is 0 Å². The topological polar surface area (TPSA) is 35.5 Å². The molecule has 76 valence electrons. The number of rotatable bonds is 3.